The van der Waals surface area contributed by atoms with E-state index in [2.05, 4.69) is 15.6 Å². The van der Waals surface area contributed by atoms with Crippen molar-refractivity contribution in [3.63, 3.8) is 0 Å². The van der Waals surface area contributed by atoms with Gasteiger partial charge in [-0.3, -0.25) is 4.68 Å². The van der Waals surface area contributed by atoms with Crippen LogP contribution in [0.3, 0.4) is 0 Å². The Labute approximate surface area is 98.2 Å². The summed E-state index contributed by atoms with van der Waals surface area (Å²) in [6, 6.07) is 0.338. The Morgan fingerprint density at radius 3 is 2.71 bits per heavy atom. The van der Waals surface area contributed by atoms with E-state index in [1.54, 1.807) is 6.20 Å². The highest BCUT2D eigenvalue weighted by atomic mass is 19.4. The summed E-state index contributed by atoms with van der Waals surface area (Å²) in [5.41, 5.74) is 0.741. The second kappa shape index (κ2) is 6.00. The number of halogens is 3. The van der Waals surface area contributed by atoms with Gasteiger partial charge in [-0.2, -0.15) is 13.2 Å². The average molecular weight is 250 g/mol. The molecule has 0 aliphatic carbocycles. The van der Waals surface area contributed by atoms with Crippen LogP contribution in [0.5, 0.6) is 0 Å². The monoisotopic (exact) mass is 250 g/mol. The third kappa shape index (κ3) is 6.25. The predicted octanol–water partition coefficient (Wildman–Crippen LogP) is 2.12. The third-order valence-electron chi connectivity index (χ3n) is 2.12. The Morgan fingerprint density at radius 1 is 1.41 bits per heavy atom. The number of aryl methyl sites for hydroxylation is 1. The van der Waals surface area contributed by atoms with E-state index in [1.165, 1.54) is 4.68 Å². The Kier molecular flexibility index (Phi) is 4.92. The summed E-state index contributed by atoms with van der Waals surface area (Å²) in [4.78, 5) is 0. The summed E-state index contributed by atoms with van der Waals surface area (Å²) in [5.74, 6) is 0. The molecule has 1 heterocycles. The molecule has 0 unspecified atom stereocenters. The Hall–Kier alpha value is -1.11. The van der Waals surface area contributed by atoms with Gasteiger partial charge in [0, 0.05) is 31.7 Å². The number of alkyl halides is 3. The number of hydrogen-bond acceptors (Lipinski definition) is 3. The van der Waals surface area contributed by atoms with Crippen LogP contribution in [0.4, 0.5) is 13.2 Å². The lowest BCUT2D eigenvalue weighted by Gasteiger charge is -2.05. The van der Waals surface area contributed by atoms with Gasteiger partial charge in [0.25, 0.3) is 0 Å². The summed E-state index contributed by atoms with van der Waals surface area (Å²) in [6.45, 7) is 4.84. The van der Waals surface area contributed by atoms with Crippen molar-refractivity contribution in [2.45, 2.75) is 52.0 Å². The lowest BCUT2D eigenvalue weighted by molar-refractivity contribution is -0.136. The Bertz CT molecular complexity index is 333. The van der Waals surface area contributed by atoms with Gasteiger partial charge in [0.1, 0.15) is 0 Å². The molecule has 0 bridgehead atoms. The smallest absolute Gasteiger partial charge is 0.309 e. The van der Waals surface area contributed by atoms with Crippen LogP contribution in [0.1, 0.15) is 32.4 Å². The zero-order chi connectivity index (χ0) is 12.9. The van der Waals surface area contributed by atoms with Crippen LogP contribution in [0.2, 0.25) is 0 Å². The quantitative estimate of drug-likeness (QED) is 0.841. The van der Waals surface area contributed by atoms with E-state index in [-0.39, 0.29) is 13.0 Å². The average Bonchev–Trinajstić information content (AvgIpc) is 2.61. The molecule has 0 saturated carbocycles. The minimum Gasteiger partial charge on any atom is -0.309 e. The number of rotatable bonds is 6. The first-order valence-corrected chi connectivity index (χ1v) is 5.56. The largest absolute Gasteiger partial charge is 0.389 e. The first-order chi connectivity index (χ1) is 7.87. The summed E-state index contributed by atoms with van der Waals surface area (Å²) in [7, 11) is 0. The van der Waals surface area contributed by atoms with Gasteiger partial charge in [-0.1, -0.05) is 19.1 Å². The van der Waals surface area contributed by atoms with Crippen molar-refractivity contribution >= 4 is 0 Å². The molecule has 0 aromatic carbocycles. The molecular formula is C10H17F3N4. The van der Waals surface area contributed by atoms with E-state index in [1.807, 2.05) is 13.8 Å². The van der Waals surface area contributed by atoms with E-state index in [0.717, 1.165) is 5.69 Å². The topological polar surface area (TPSA) is 42.7 Å². The lowest BCUT2D eigenvalue weighted by Crippen LogP contribution is -2.21. The first kappa shape index (κ1) is 14.0. The van der Waals surface area contributed by atoms with Gasteiger partial charge < -0.3 is 5.32 Å². The van der Waals surface area contributed by atoms with Crippen molar-refractivity contribution in [2.24, 2.45) is 0 Å². The van der Waals surface area contributed by atoms with Crippen molar-refractivity contribution in [3.05, 3.63) is 11.9 Å². The molecule has 1 aromatic heterocycles. The van der Waals surface area contributed by atoms with Crippen LogP contribution in [0.15, 0.2) is 6.20 Å². The van der Waals surface area contributed by atoms with E-state index in [0.29, 0.717) is 12.6 Å². The van der Waals surface area contributed by atoms with E-state index < -0.39 is 12.6 Å². The highest BCUT2D eigenvalue weighted by molar-refractivity contribution is 4.91. The zero-order valence-corrected chi connectivity index (χ0v) is 9.96. The van der Waals surface area contributed by atoms with Gasteiger partial charge in [0.15, 0.2) is 0 Å². The summed E-state index contributed by atoms with van der Waals surface area (Å²) >= 11 is 0. The molecular weight excluding hydrogens is 233 g/mol. The van der Waals surface area contributed by atoms with Crippen molar-refractivity contribution < 1.29 is 13.2 Å². The predicted molar refractivity (Wildman–Crippen MR) is 57.3 cm³/mol. The minimum atomic E-state index is -4.09. The molecule has 1 rings (SSSR count). The fourth-order valence-electron chi connectivity index (χ4n) is 1.28. The SMILES string of the molecule is CC(C)NCc1cn(CCCC(F)(F)F)nn1. The standard InChI is InChI=1S/C10H17F3N4/c1-8(2)14-6-9-7-17(16-15-9)5-3-4-10(11,12)13/h7-8,14H,3-6H2,1-2H3. The maximum atomic E-state index is 11.9. The highest BCUT2D eigenvalue weighted by Gasteiger charge is 2.26. The van der Waals surface area contributed by atoms with Crippen LogP contribution in [0.25, 0.3) is 0 Å². The van der Waals surface area contributed by atoms with Crippen molar-refractivity contribution in [3.8, 4) is 0 Å². The van der Waals surface area contributed by atoms with Crippen molar-refractivity contribution in [2.75, 3.05) is 0 Å². The maximum Gasteiger partial charge on any atom is 0.389 e. The highest BCUT2D eigenvalue weighted by Crippen LogP contribution is 2.21. The molecule has 0 amide bonds. The molecule has 98 valence electrons. The van der Waals surface area contributed by atoms with Gasteiger partial charge >= 0.3 is 6.18 Å². The normalized spacial score (nSPS) is 12.4. The molecule has 0 aliphatic heterocycles. The van der Waals surface area contributed by atoms with Gasteiger partial charge in [0.05, 0.1) is 5.69 Å². The lowest BCUT2D eigenvalue weighted by atomic mass is 10.3. The molecule has 7 heteroatoms. The van der Waals surface area contributed by atoms with Crippen LogP contribution >= 0.6 is 0 Å². The van der Waals surface area contributed by atoms with Crippen LogP contribution in [-0.4, -0.2) is 27.2 Å². The fourth-order valence-corrected chi connectivity index (χ4v) is 1.28. The van der Waals surface area contributed by atoms with E-state index in [4.69, 9.17) is 0 Å². The number of nitrogens with zero attached hydrogens (tertiary/aromatic N) is 3. The molecule has 0 saturated heterocycles. The number of hydrogen-bond donors (Lipinski definition) is 1. The van der Waals surface area contributed by atoms with Crippen molar-refractivity contribution in [1.82, 2.24) is 20.3 Å². The molecule has 0 radical (unpaired) electrons. The van der Waals surface area contributed by atoms with E-state index >= 15 is 0 Å². The molecule has 0 aliphatic rings. The first-order valence-electron chi connectivity index (χ1n) is 5.56. The molecule has 1 aromatic rings. The molecule has 0 atom stereocenters. The molecule has 0 fully saturated rings. The second-order valence-corrected chi connectivity index (χ2v) is 4.23. The Balaban J connectivity index is 2.31. The zero-order valence-electron chi connectivity index (χ0n) is 9.96. The molecule has 0 spiro atoms. The second-order valence-electron chi connectivity index (χ2n) is 4.23. The summed E-state index contributed by atoms with van der Waals surface area (Å²) < 4.78 is 37.2. The van der Waals surface area contributed by atoms with Gasteiger partial charge in [0.2, 0.25) is 0 Å². The molecule has 17 heavy (non-hydrogen) atoms. The van der Waals surface area contributed by atoms with Crippen LogP contribution in [-0.2, 0) is 13.1 Å². The minimum absolute atomic E-state index is 0.0317. The van der Waals surface area contributed by atoms with Gasteiger partial charge in [-0.15, -0.1) is 5.10 Å². The molecule has 1 N–H and O–H groups in total. The Morgan fingerprint density at radius 2 is 2.12 bits per heavy atom. The van der Waals surface area contributed by atoms with Crippen molar-refractivity contribution in [1.29, 1.82) is 0 Å². The number of aromatic nitrogens is 3. The molecule has 4 nitrogen and oxygen atoms in total. The summed E-state index contributed by atoms with van der Waals surface area (Å²) in [5, 5.41) is 10.8. The van der Waals surface area contributed by atoms with Gasteiger partial charge in [-0.05, 0) is 6.42 Å². The van der Waals surface area contributed by atoms with Gasteiger partial charge in [-0.25, -0.2) is 0 Å². The maximum absolute atomic E-state index is 11.9. The third-order valence-corrected chi connectivity index (χ3v) is 2.12. The number of nitrogens with one attached hydrogen (secondary N) is 1. The fraction of sp³-hybridized carbons (Fsp3) is 0.800. The van der Waals surface area contributed by atoms with Crippen LogP contribution in [0, 0.1) is 0 Å². The van der Waals surface area contributed by atoms with Crippen LogP contribution < -0.4 is 5.32 Å². The van der Waals surface area contributed by atoms with E-state index in [9.17, 15) is 13.2 Å². The summed E-state index contributed by atoms with van der Waals surface area (Å²) in [6.07, 6.45) is -3.18.